The Morgan fingerprint density at radius 2 is 2.19 bits per heavy atom. The van der Waals surface area contributed by atoms with Crippen molar-refractivity contribution in [2.75, 3.05) is 0 Å². The predicted octanol–water partition coefficient (Wildman–Crippen LogP) is 1.66. The van der Waals surface area contributed by atoms with Crippen molar-refractivity contribution in [3.8, 4) is 11.3 Å². The number of nitrogens with zero attached hydrogens (tertiary/aromatic N) is 6. The van der Waals surface area contributed by atoms with Gasteiger partial charge in [-0.1, -0.05) is 6.07 Å². The highest BCUT2D eigenvalue weighted by molar-refractivity contribution is 7.15. The third kappa shape index (κ3) is 3.34. The van der Waals surface area contributed by atoms with Gasteiger partial charge in [0.2, 0.25) is 11.1 Å². The number of thiazole rings is 1. The van der Waals surface area contributed by atoms with Crippen LogP contribution in [-0.4, -0.2) is 31.9 Å². The van der Waals surface area contributed by atoms with E-state index in [9.17, 15) is 0 Å². The fourth-order valence-corrected chi connectivity index (χ4v) is 4.73. The number of pyridine rings is 2. The number of hydrogen-bond acceptors (Lipinski definition) is 5. The summed E-state index contributed by atoms with van der Waals surface area (Å²) in [5, 5.41) is 13.8. The molecule has 0 aromatic carbocycles. The Morgan fingerprint density at radius 3 is 3.00 bits per heavy atom. The van der Waals surface area contributed by atoms with Gasteiger partial charge < -0.3 is 5.73 Å². The van der Waals surface area contributed by atoms with E-state index in [0.717, 1.165) is 49.7 Å². The van der Waals surface area contributed by atoms with Crippen LogP contribution >= 0.6 is 11.3 Å². The van der Waals surface area contributed by atoms with Crippen LogP contribution in [0.2, 0.25) is 0 Å². The minimum absolute atomic E-state index is 0.271. The zero-order chi connectivity index (χ0) is 21.4. The van der Waals surface area contributed by atoms with Crippen molar-refractivity contribution >= 4 is 29.1 Å². The summed E-state index contributed by atoms with van der Waals surface area (Å²) < 4.78 is 3.98. The van der Waals surface area contributed by atoms with Crippen molar-refractivity contribution in [2.45, 2.75) is 13.5 Å². The van der Waals surface area contributed by atoms with Crippen LogP contribution < -0.4 is 15.3 Å². The summed E-state index contributed by atoms with van der Waals surface area (Å²) in [5.41, 5.74) is 11.1. The van der Waals surface area contributed by atoms with Gasteiger partial charge in [-0.05, 0) is 17.7 Å². The third-order valence-electron chi connectivity index (χ3n) is 5.09. The topological polar surface area (TPSA) is 112 Å². The van der Waals surface area contributed by atoms with Gasteiger partial charge in [-0.3, -0.25) is 15.1 Å². The van der Waals surface area contributed by atoms with Gasteiger partial charge in [0.25, 0.3) is 0 Å². The molecule has 9 heteroatoms. The Labute approximate surface area is 181 Å². The van der Waals surface area contributed by atoms with E-state index in [1.165, 1.54) is 11.3 Å². The molecule has 8 nitrogen and oxygen atoms in total. The summed E-state index contributed by atoms with van der Waals surface area (Å²) >= 11 is 1.48. The fourth-order valence-electron chi connectivity index (χ4n) is 3.63. The van der Waals surface area contributed by atoms with Crippen LogP contribution in [0.3, 0.4) is 0 Å². The summed E-state index contributed by atoms with van der Waals surface area (Å²) in [6.45, 7) is 2.68. The Hall–Kier alpha value is -3.98. The van der Waals surface area contributed by atoms with Gasteiger partial charge in [0.1, 0.15) is 22.8 Å². The van der Waals surface area contributed by atoms with Crippen LogP contribution in [0.15, 0.2) is 66.3 Å². The molecule has 152 valence electrons. The first-order valence-electron chi connectivity index (χ1n) is 9.63. The zero-order valence-corrected chi connectivity index (χ0v) is 17.5. The number of nitrogens with one attached hydrogen (secondary N) is 1. The van der Waals surface area contributed by atoms with Gasteiger partial charge in [0, 0.05) is 43.2 Å². The van der Waals surface area contributed by atoms with Gasteiger partial charge in [-0.15, -0.1) is 11.3 Å². The molecule has 4 aromatic rings. The lowest BCUT2D eigenvalue weighted by Crippen LogP contribution is -2.49. The van der Waals surface area contributed by atoms with E-state index in [1.54, 1.807) is 12.4 Å². The van der Waals surface area contributed by atoms with Crippen molar-refractivity contribution < 1.29 is 4.24 Å². The molecule has 0 amide bonds. The summed E-state index contributed by atoms with van der Waals surface area (Å²) in [4.78, 5) is 13.8. The molecule has 4 aromatic heterocycles. The van der Waals surface area contributed by atoms with Gasteiger partial charge in [0.05, 0.1) is 23.3 Å². The molecule has 5 rings (SSSR count). The van der Waals surface area contributed by atoms with Gasteiger partial charge in [-0.25, -0.2) is 9.98 Å². The number of aliphatic imine (C=N–C) groups is 1. The van der Waals surface area contributed by atoms with Crippen molar-refractivity contribution in [3.05, 3.63) is 87.8 Å². The Bertz CT molecular complexity index is 1450. The maximum Gasteiger partial charge on any atom is 0.227 e. The number of aromatic nitrogens is 5. The van der Waals surface area contributed by atoms with Crippen LogP contribution in [0.5, 0.6) is 0 Å². The molecule has 0 unspecified atom stereocenters. The van der Waals surface area contributed by atoms with Crippen molar-refractivity contribution in [2.24, 2.45) is 10.7 Å². The summed E-state index contributed by atoms with van der Waals surface area (Å²) in [6.07, 6.45) is 10.3. The van der Waals surface area contributed by atoms with E-state index in [1.807, 2.05) is 47.5 Å². The second-order valence-electron chi connectivity index (χ2n) is 7.04. The molecular weight excluding hydrogens is 408 g/mol. The number of hydrogen-bond donors (Lipinski definition) is 2. The molecule has 0 aliphatic carbocycles. The lowest BCUT2D eigenvalue weighted by atomic mass is 10.1. The normalized spacial score (nSPS) is 13.1. The van der Waals surface area contributed by atoms with E-state index >= 15 is 0 Å². The van der Waals surface area contributed by atoms with E-state index in [0.29, 0.717) is 6.54 Å². The fraction of sp³-hybridized carbons (Fsp3) is 0.0909. The molecule has 0 radical (unpaired) electrons. The number of nitrogens with two attached hydrogens (primary N) is 1. The van der Waals surface area contributed by atoms with Crippen LogP contribution in [0.4, 0.5) is 0 Å². The summed E-state index contributed by atoms with van der Waals surface area (Å²) in [6, 6.07) is 10.0. The zero-order valence-electron chi connectivity index (χ0n) is 16.7. The lowest BCUT2D eigenvalue weighted by Gasteiger charge is -2.05. The van der Waals surface area contributed by atoms with E-state index in [4.69, 9.17) is 16.1 Å². The molecular formula is C22H19N8S+. The second-order valence-corrected chi connectivity index (χ2v) is 8.04. The molecule has 0 atom stereocenters. The van der Waals surface area contributed by atoms with Crippen LogP contribution in [0.25, 0.3) is 16.8 Å². The molecule has 0 saturated carbocycles. The molecule has 1 aliphatic heterocycles. The average molecular weight is 428 g/mol. The molecule has 5 heterocycles. The van der Waals surface area contributed by atoms with E-state index in [-0.39, 0.29) is 5.84 Å². The van der Waals surface area contributed by atoms with Crippen LogP contribution in [0, 0.1) is 11.1 Å². The quantitative estimate of drug-likeness (QED) is 0.277. The molecule has 0 bridgehead atoms. The molecule has 0 fully saturated rings. The highest BCUT2D eigenvalue weighted by Crippen LogP contribution is 2.33. The monoisotopic (exact) mass is 427 g/mol. The lowest BCUT2D eigenvalue weighted by molar-refractivity contribution is -0.547. The predicted molar refractivity (Wildman–Crippen MR) is 119 cm³/mol. The van der Waals surface area contributed by atoms with Crippen molar-refractivity contribution in [3.63, 3.8) is 0 Å². The SMILES string of the molecule is CC1=[n+]2ccccc2=C1c1nc(-c2cnn(Cc3cccnc3)c2)c(C(N)=NC=N)s1. The minimum atomic E-state index is 0.271. The summed E-state index contributed by atoms with van der Waals surface area (Å²) in [5.74, 6) is 0.271. The minimum Gasteiger partial charge on any atom is -0.382 e. The largest absolute Gasteiger partial charge is 0.382 e. The first-order valence-corrected chi connectivity index (χ1v) is 10.4. The van der Waals surface area contributed by atoms with Crippen LogP contribution in [0.1, 0.15) is 22.4 Å². The maximum atomic E-state index is 7.31. The standard InChI is InChI=1S/C22H19N8S/c1-14-18(17-6-2-3-8-30(14)17)22-28-19(20(31-22)21(24)26-13-23)16-10-27-29(12-16)11-15-5-4-7-25-9-15/h2-10,12-13H,11H2,1H3,(H3,23,24,26)/q+1. The van der Waals surface area contributed by atoms with Gasteiger partial charge in [0.15, 0.2) is 6.20 Å². The highest BCUT2D eigenvalue weighted by Gasteiger charge is 2.30. The molecule has 0 saturated heterocycles. The smallest absolute Gasteiger partial charge is 0.227 e. The average Bonchev–Trinajstić information content (AvgIpc) is 3.42. The molecule has 0 spiro atoms. The van der Waals surface area contributed by atoms with Crippen LogP contribution in [-0.2, 0) is 6.54 Å². The molecule has 3 N–H and O–H groups in total. The number of amidine groups is 1. The van der Waals surface area contributed by atoms with E-state index in [2.05, 4.69) is 32.3 Å². The maximum absolute atomic E-state index is 7.31. The molecule has 31 heavy (non-hydrogen) atoms. The number of rotatable bonds is 6. The highest BCUT2D eigenvalue weighted by atomic mass is 32.1. The Morgan fingerprint density at radius 1 is 1.29 bits per heavy atom. The Balaban J connectivity index is 1.58. The van der Waals surface area contributed by atoms with Crippen molar-refractivity contribution in [1.82, 2.24) is 19.7 Å². The summed E-state index contributed by atoms with van der Waals surface area (Å²) in [7, 11) is 0. The first-order chi connectivity index (χ1) is 15.2. The number of fused-ring (bicyclic) bond motifs is 1. The molecule has 1 aliphatic rings. The van der Waals surface area contributed by atoms with Gasteiger partial charge >= 0.3 is 0 Å². The first kappa shape index (κ1) is 19.0. The van der Waals surface area contributed by atoms with E-state index < -0.39 is 0 Å². The van der Waals surface area contributed by atoms with Gasteiger partial charge in [-0.2, -0.15) is 9.34 Å². The third-order valence-corrected chi connectivity index (χ3v) is 6.19. The second kappa shape index (κ2) is 7.69. The van der Waals surface area contributed by atoms with Crippen molar-refractivity contribution in [1.29, 1.82) is 5.41 Å². The Kier molecular flexibility index (Phi) is 4.72.